The molecule has 0 aromatic heterocycles. The maximum atomic E-state index is 11.8. The minimum absolute atomic E-state index is 0.255. The van der Waals surface area contributed by atoms with E-state index in [1.165, 1.54) is 0 Å². The van der Waals surface area contributed by atoms with Gasteiger partial charge in [-0.1, -0.05) is 38.1 Å². The summed E-state index contributed by atoms with van der Waals surface area (Å²) >= 11 is -2.58. The van der Waals surface area contributed by atoms with Crippen molar-refractivity contribution < 1.29 is 27.9 Å². The van der Waals surface area contributed by atoms with Crippen LogP contribution in [0.1, 0.15) is 13.8 Å². The molecule has 7 nitrogen and oxygen atoms in total. The lowest BCUT2D eigenvalue weighted by Gasteiger charge is -2.32. The third kappa shape index (κ3) is 4.72. The molecule has 2 unspecified atom stereocenters. The highest BCUT2D eigenvalue weighted by Gasteiger charge is 2.40. The molecular formula is C17H22NO6PS. The molecule has 142 valence electrons. The Bertz CT molecular complexity index is 803. The van der Waals surface area contributed by atoms with Crippen molar-refractivity contribution in [2.45, 2.75) is 19.6 Å². The van der Waals surface area contributed by atoms with Gasteiger partial charge in [0.25, 0.3) is 11.3 Å². The largest absolute Gasteiger partial charge is 0.497 e. The number of hydrogen-bond acceptors (Lipinski definition) is 3. The first kappa shape index (κ1) is 20.6. The third-order valence-corrected chi connectivity index (χ3v) is 6.34. The quantitative estimate of drug-likeness (QED) is 0.486. The summed E-state index contributed by atoms with van der Waals surface area (Å²) in [5.74, 6) is -1.21. The molecule has 0 heterocycles. The van der Waals surface area contributed by atoms with Crippen LogP contribution in [0.15, 0.2) is 48.5 Å². The molecule has 0 aliphatic heterocycles. The van der Waals surface area contributed by atoms with E-state index >= 15 is 0 Å². The van der Waals surface area contributed by atoms with Gasteiger partial charge in [-0.2, -0.15) is 0 Å². The van der Waals surface area contributed by atoms with Crippen LogP contribution in [0.3, 0.4) is 0 Å². The molecule has 0 radical (unpaired) electrons. The first-order chi connectivity index (χ1) is 12.1. The van der Waals surface area contributed by atoms with Crippen molar-refractivity contribution in [1.82, 2.24) is 0 Å². The van der Waals surface area contributed by atoms with Crippen LogP contribution in [0.5, 0.6) is 5.75 Å². The Morgan fingerprint density at radius 2 is 1.46 bits per heavy atom. The first-order valence-electron chi connectivity index (χ1n) is 7.85. The van der Waals surface area contributed by atoms with Crippen molar-refractivity contribution >= 4 is 24.5 Å². The van der Waals surface area contributed by atoms with Gasteiger partial charge in [-0.3, -0.25) is 13.4 Å². The van der Waals surface area contributed by atoms with E-state index in [1.54, 1.807) is 45.2 Å². The Balaban J connectivity index is 2.39. The lowest BCUT2D eigenvalue weighted by Crippen LogP contribution is -2.40. The van der Waals surface area contributed by atoms with Crippen molar-refractivity contribution in [2.75, 3.05) is 11.4 Å². The van der Waals surface area contributed by atoms with Crippen LogP contribution < -0.4 is 9.04 Å². The van der Waals surface area contributed by atoms with Gasteiger partial charge in [-0.05, 0) is 41.3 Å². The Kier molecular flexibility index (Phi) is 6.60. The average Bonchev–Trinajstić information content (AvgIpc) is 2.58. The topological polar surface area (TPSA) is 107 Å². The standard InChI is InChI=1S/C17H22NO6PS/c1-12(2)17(25(19,20)21)18(26(22)23)15-8-4-13(5-9-15)14-6-10-16(24-3)11-7-14/h4-12,17H,1-3H3,(H,22,23)(H2,19,20,21). The molecular weight excluding hydrogens is 377 g/mol. The molecule has 0 bridgehead atoms. The van der Waals surface area contributed by atoms with Gasteiger partial charge >= 0.3 is 7.60 Å². The SMILES string of the molecule is COc1ccc(-c2ccc(N(C(C(C)C)P(=O)(O)O)S(=O)O)cc2)cc1. The fraction of sp³-hybridized carbons (Fsp3) is 0.294. The summed E-state index contributed by atoms with van der Waals surface area (Å²) in [5, 5.41) is 0. The van der Waals surface area contributed by atoms with Crippen LogP contribution in [-0.4, -0.2) is 31.4 Å². The molecule has 0 aliphatic rings. The van der Waals surface area contributed by atoms with Crippen molar-refractivity contribution in [1.29, 1.82) is 0 Å². The molecule has 0 aliphatic carbocycles. The van der Waals surface area contributed by atoms with E-state index < -0.39 is 30.6 Å². The monoisotopic (exact) mass is 399 g/mol. The summed E-state index contributed by atoms with van der Waals surface area (Å²) in [5.41, 5.74) is 2.03. The van der Waals surface area contributed by atoms with Crippen molar-refractivity contribution in [3.8, 4) is 16.9 Å². The molecule has 0 amide bonds. The minimum atomic E-state index is -4.63. The summed E-state index contributed by atoms with van der Waals surface area (Å²) in [7, 11) is -3.04. The summed E-state index contributed by atoms with van der Waals surface area (Å²) in [6.07, 6.45) is 0. The molecule has 26 heavy (non-hydrogen) atoms. The highest BCUT2D eigenvalue weighted by Crippen LogP contribution is 2.48. The van der Waals surface area contributed by atoms with Crippen LogP contribution >= 0.6 is 7.60 Å². The minimum Gasteiger partial charge on any atom is -0.497 e. The van der Waals surface area contributed by atoms with E-state index in [4.69, 9.17) is 4.74 Å². The van der Waals surface area contributed by atoms with Gasteiger partial charge in [-0.25, -0.2) is 4.21 Å². The number of ether oxygens (including phenoxy) is 1. The summed E-state index contributed by atoms with van der Waals surface area (Å²) in [4.78, 5) is 19.2. The van der Waals surface area contributed by atoms with Crippen LogP contribution in [0, 0.1) is 5.92 Å². The number of nitrogens with zero attached hydrogens (tertiary/aromatic N) is 1. The Morgan fingerprint density at radius 1 is 1.00 bits per heavy atom. The van der Waals surface area contributed by atoms with Crippen molar-refractivity contribution in [3.05, 3.63) is 48.5 Å². The lowest BCUT2D eigenvalue weighted by molar-refractivity contribution is 0.343. The van der Waals surface area contributed by atoms with Gasteiger partial charge < -0.3 is 14.5 Å². The Hall–Kier alpha value is -1.70. The van der Waals surface area contributed by atoms with E-state index in [9.17, 15) is 23.1 Å². The summed E-state index contributed by atoms with van der Waals surface area (Å²) in [6.45, 7) is 3.19. The molecule has 2 rings (SSSR count). The molecule has 0 saturated carbocycles. The molecule has 3 N–H and O–H groups in total. The predicted molar refractivity (Wildman–Crippen MR) is 102 cm³/mol. The Morgan fingerprint density at radius 3 is 1.81 bits per heavy atom. The highest BCUT2D eigenvalue weighted by molar-refractivity contribution is 7.81. The van der Waals surface area contributed by atoms with Crippen LogP contribution in [-0.2, 0) is 15.8 Å². The van der Waals surface area contributed by atoms with Crippen LogP contribution in [0.25, 0.3) is 11.1 Å². The Labute approximate surface area is 155 Å². The molecule has 9 heteroatoms. The van der Waals surface area contributed by atoms with E-state index in [0.717, 1.165) is 21.2 Å². The smallest absolute Gasteiger partial charge is 0.349 e. The van der Waals surface area contributed by atoms with E-state index in [1.807, 2.05) is 24.3 Å². The number of methoxy groups -OCH3 is 1. The van der Waals surface area contributed by atoms with Gasteiger partial charge in [0.15, 0.2) is 0 Å². The van der Waals surface area contributed by atoms with Gasteiger partial charge in [0, 0.05) is 0 Å². The molecule has 2 aromatic carbocycles. The van der Waals surface area contributed by atoms with Crippen molar-refractivity contribution in [2.24, 2.45) is 5.92 Å². The van der Waals surface area contributed by atoms with Crippen molar-refractivity contribution in [3.63, 3.8) is 0 Å². The highest BCUT2D eigenvalue weighted by atomic mass is 32.2. The molecule has 0 fully saturated rings. The number of benzene rings is 2. The van der Waals surface area contributed by atoms with Gasteiger partial charge in [-0.15, -0.1) is 0 Å². The van der Waals surface area contributed by atoms with Gasteiger partial charge in [0.1, 0.15) is 11.5 Å². The fourth-order valence-corrected chi connectivity index (χ4v) is 5.24. The fourth-order valence-electron chi connectivity index (χ4n) is 2.72. The second kappa shape index (κ2) is 8.33. The maximum Gasteiger partial charge on any atom is 0.349 e. The predicted octanol–water partition coefficient (Wildman–Crippen LogP) is 3.47. The summed E-state index contributed by atoms with van der Waals surface area (Å²) in [6, 6.07) is 14.0. The van der Waals surface area contributed by atoms with E-state index in [2.05, 4.69) is 0 Å². The average molecular weight is 399 g/mol. The van der Waals surface area contributed by atoms with Crippen LogP contribution in [0.2, 0.25) is 0 Å². The third-order valence-electron chi connectivity index (χ3n) is 3.89. The zero-order chi connectivity index (χ0) is 19.5. The number of hydrogen-bond donors (Lipinski definition) is 3. The number of anilines is 1. The normalized spacial score (nSPS) is 14.1. The molecule has 0 spiro atoms. The second-order valence-corrected chi connectivity index (χ2v) is 8.64. The van der Waals surface area contributed by atoms with Gasteiger partial charge in [0.05, 0.1) is 12.8 Å². The first-order valence-corrected chi connectivity index (χ1v) is 10.6. The zero-order valence-corrected chi connectivity index (χ0v) is 16.4. The van der Waals surface area contributed by atoms with E-state index in [0.29, 0.717) is 0 Å². The molecule has 2 atom stereocenters. The van der Waals surface area contributed by atoms with Crippen LogP contribution in [0.4, 0.5) is 5.69 Å². The lowest BCUT2D eigenvalue weighted by atomic mass is 10.1. The molecule has 2 aromatic rings. The number of rotatable bonds is 7. The van der Waals surface area contributed by atoms with Gasteiger partial charge in [0.2, 0.25) is 0 Å². The molecule has 0 saturated heterocycles. The van der Waals surface area contributed by atoms with E-state index in [-0.39, 0.29) is 5.69 Å². The second-order valence-electron chi connectivity index (χ2n) is 6.08. The summed E-state index contributed by atoms with van der Waals surface area (Å²) < 4.78 is 39.2. The zero-order valence-electron chi connectivity index (χ0n) is 14.6. The maximum absolute atomic E-state index is 11.8.